The largest absolute Gasteiger partial charge is 0.490 e. The van der Waals surface area contributed by atoms with Crippen molar-refractivity contribution in [3.8, 4) is 11.5 Å². The fourth-order valence-corrected chi connectivity index (χ4v) is 2.67. The monoisotopic (exact) mass is 433 g/mol. The van der Waals surface area contributed by atoms with E-state index in [4.69, 9.17) is 14.6 Å². The van der Waals surface area contributed by atoms with E-state index in [2.05, 4.69) is 21.2 Å². The zero-order valence-electron chi connectivity index (χ0n) is 14.8. The Hall–Kier alpha value is -2.80. The zero-order valence-corrected chi connectivity index (χ0v) is 16.4. The van der Waals surface area contributed by atoms with E-state index in [9.17, 15) is 9.59 Å². The number of carboxylic acid groups (broad SMARTS) is 1. The van der Waals surface area contributed by atoms with Gasteiger partial charge in [0.15, 0.2) is 18.1 Å². The van der Waals surface area contributed by atoms with E-state index in [0.717, 1.165) is 11.6 Å². The fraction of sp³-hybridized carbons (Fsp3) is 0.200. The Kier molecular flexibility index (Phi) is 7.88. The van der Waals surface area contributed by atoms with Crippen LogP contribution in [0.15, 0.2) is 53.0 Å². The molecule has 7 heteroatoms. The predicted molar refractivity (Wildman–Crippen MR) is 106 cm³/mol. The van der Waals surface area contributed by atoms with Gasteiger partial charge in [-0.1, -0.05) is 46.3 Å². The average Bonchev–Trinajstić information content (AvgIpc) is 2.66. The average molecular weight is 434 g/mol. The maximum Gasteiger partial charge on any atom is 0.328 e. The van der Waals surface area contributed by atoms with E-state index in [1.165, 1.54) is 6.08 Å². The Balaban J connectivity index is 2.02. The van der Waals surface area contributed by atoms with Gasteiger partial charge in [-0.2, -0.15) is 0 Å². The number of hydrogen-bond acceptors (Lipinski definition) is 4. The number of carboxylic acids is 1. The van der Waals surface area contributed by atoms with E-state index in [1.54, 1.807) is 12.1 Å². The van der Waals surface area contributed by atoms with Crippen LogP contribution in [0, 0.1) is 0 Å². The Morgan fingerprint density at radius 2 is 1.85 bits per heavy atom. The molecular weight excluding hydrogens is 414 g/mol. The van der Waals surface area contributed by atoms with Gasteiger partial charge in [-0.05, 0) is 36.3 Å². The predicted octanol–water partition coefficient (Wildman–Crippen LogP) is 3.64. The third kappa shape index (κ3) is 6.79. The van der Waals surface area contributed by atoms with Crippen molar-refractivity contribution in [1.82, 2.24) is 5.32 Å². The number of rotatable bonds is 9. The first-order chi connectivity index (χ1) is 13.0. The van der Waals surface area contributed by atoms with E-state index in [1.807, 2.05) is 37.3 Å². The molecule has 2 rings (SSSR count). The maximum absolute atomic E-state index is 12.0. The number of carbonyl (C=O) groups is 2. The number of aliphatic carboxylic acids is 1. The lowest BCUT2D eigenvalue weighted by Gasteiger charge is -2.14. The number of hydrogen-bond donors (Lipinski definition) is 2. The summed E-state index contributed by atoms with van der Waals surface area (Å²) in [6, 6.07) is 12.9. The number of benzene rings is 2. The number of carbonyl (C=O) groups excluding carboxylic acids is 1. The second-order valence-corrected chi connectivity index (χ2v) is 6.33. The first kappa shape index (κ1) is 20.5. The molecule has 1 amide bonds. The normalized spacial score (nSPS) is 10.6. The molecule has 2 aromatic carbocycles. The van der Waals surface area contributed by atoms with Crippen LogP contribution in [0.2, 0.25) is 0 Å². The summed E-state index contributed by atoms with van der Waals surface area (Å²) >= 11 is 3.37. The molecule has 0 fully saturated rings. The van der Waals surface area contributed by atoms with Crippen molar-refractivity contribution < 1.29 is 24.2 Å². The van der Waals surface area contributed by atoms with Gasteiger partial charge in [0.25, 0.3) is 5.91 Å². The first-order valence-electron chi connectivity index (χ1n) is 8.30. The summed E-state index contributed by atoms with van der Waals surface area (Å²) < 4.78 is 11.8. The Bertz CT molecular complexity index is 821. The molecule has 2 aromatic rings. The lowest BCUT2D eigenvalue weighted by Crippen LogP contribution is -2.28. The molecule has 0 unspecified atom stereocenters. The molecule has 142 valence electrons. The zero-order chi connectivity index (χ0) is 19.6. The third-order valence-corrected chi connectivity index (χ3v) is 4.15. The summed E-state index contributed by atoms with van der Waals surface area (Å²) in [5.41, 5.74) is 1.62. The van der Waals surface area contributed by atoms with Gasteiger partial charge in [0.1, 0.15) is 0 Å². The number of amides is 1. The van der Waals surface area contributed by atoms with Gasteiger partial charge in [-0.3, -0.25) is 4.79 Å². The van der Waals surface area contributed by atoms with Crippen LogP contribution in [0.1, 0.15) is 18.1 Å². The molecule has 0 atom stereocenters. The lowest BCUT2D eigenvalue weighted by atomic mass is 10.2. The molecular formula is C20H20BrNO5. The van der Waals surface area contributed by atoms with Gasteiger partial charge in [0, 0.05) is 17.1 Å². The van der Waals surface area contributed by atoms with Gasteiger partial charge in [0.05, 0.1) is 6.61 Å². The molecule has 0 aromatic heterocycles. The Labute approximate surface area is 165 Å². The second-order valence-electron chi connectivity index (χ2n) is 5.48. The number of nitrogens with one attached hydrogen (secondary N) is 1. The Morgan fingerprint density at radius 1 is 1.15 bits per heavy atom. The van der Waals surface area contributed by atoms with E-state index < -0.39 is 5.97 Å². The van der Waals surface area contributed by atoms with Crippen molar-refractivity contribution in [2.24, 2.45) is 0 Å². The number of ether oxygens (including phenoxy) is 2. The van der Waals surface area contributed by atoms with Crippen LogP contribution < -0.4 is 14.8 Å². The minimum atomic E-state index is -1.05. The molecule has 0 spiro atoms. The van der Waals surface area contributed by atoms with Gasteiger partial charge >= 0.3 is 5.97 Å². The highest BCUT2D eigenvalue weighted by molar-refractivity contribution is 9.10. The van der Waals surface area contributed by atoms with Crippen molar-refractivity contribution in [3.63, 3.8) is 0 Å². The summed E-state index contributed by atoms with van der Waals surface area (Å²) in [6.07, 6.45) is 2.48. The van der Waals surface area contributed by atoms with Crippen LogP contribution in [0.4, 0.5) is 0 Å². The highest BCUT2D eigenvalue weighted by Gasteiger charge is 2.12. The molecule has 2 N–H and O–H groups in total. The van der Waals surface area contributed by atoms with E-state index >= 15 is 0 Å². The molecule has 0 aliphatic rings. The molecule has 0 bridgehead atoms. The molecule has 0 aliphatic heterocycles. The molecule has 0 heterocycles. The molecule has 0 radical (unpaired) electrons. The van der Waals surface area contributed by atoms with Crippen molar-refractivity contribution in [1.29, 1.82) is 0 Å². The summed E-state index contributed by atoms with van der Waals surface area (Å²) in [5.74, 6) is -0.477. The highest BCUT2D eigenvalue weighted by Crippen LogP contribution is 2.34. The minimum Gasteiger partial charge on any atom is -0.490 e. The third-order valence-electron chi connectivity index (χ3n) is 3.46. The van der Waals surface area contributed by atoms with Gasteiger partial charge < -0.3 is 19.9 Å². The molecule has 0 aliphatic carbocycles. The summed E-state index contributed by atoms with van der Waals surface area (Å²) in [4.78, 5) is 22.7. The summed E-state index contributed by atoms with van der Waals surface area (Å²) in [6.45, 7) is 2.49. The van der Waals surface area contributed by atoms with Gasteiger partial charge in [-0.15, -0.1) is 0 Å². The topological polar surface area (TPSA) is 84.9 Å². The summed E-state index contributed by atoms with van der Waals surface area (Å²) in [5, 5.41) is 11.6. The highest BCUT2D eigenvalue weighted by atomic mass is 79.9. The number of halogens is 1. The van der Waals surface area contributed by atoms with Crippen LogP contribution in [-0.4, -0.2) is 30.2 Å². The van der Waals surface area contributed by atoms with Crippen molar-refractivity contribution in [2.75, 3.05) is 13.2 Å². The van der Waals surface area contributed by atoms with Crippen LogP contribution >= 0.6 is 15.9 Å². The van der Waals surface area contributed by atoms with Crippen LogP contribution in [0.3, 0.4) is 0 Å². The van der Waals surface area contributed by atoms with Crippen LogP contribution in [0.25, 0.3) is 6.08 Å². The lowest BCUT2D eigenvalue weighted by molar-refractivity contribution is -0.131. The van der Waals surface area contributed by atoms with Gasteiger partial charge in [-0.25, -0.2) is 4.79 Å². The quantitative estimate of drug-likeness (QED) is 0.589. The molecule has 27 heavy (non-hydrogen) atoms. The van der Waals surface area contributed by atoms with Crippen molar-refractivity contribution >= 4 is 33.9 Å². The fourth-order valence-electron chi connectivity index (χ4n) is 2.21. The second kappa shape index (κ2) is 10.4. The minimum absolute atomic E-state index is 0.163. The molecule has 0 saturated carbocycles. The van der Waals surface area contributed by atoms with Gasteiger partial charge in [0.2, 0.25) is 0 Å². The van der Waals surface area contributed by atoms with E-state index in [0.29, 0.717) is 34.7 Å². The first-order valence-corrected chi connectivity index (χ1v) is 9.09. The van der Waals surface area contributed by atoms with Crippen molar-refractivity contribution in [2.45, 2.75) is 13.5 Å². The molecule has 0 saturated heterocycles. The smallest absolute Gasteiger partial charge is 0.328 e. The standard InChI is InChI=1S/C20H20BrNO5/c1-2-26-17-10-15(8-9-20(24)25)16(21)11-18(17)27-13-19(23)22-12-14-6-4-3-5-7-14/h3-11H,2,12-13H2,1H3,(H,22,23)(H,24,25)/b9-8+. The molecule has 6 nitrogen and oxygen atoms in total. The van der Waals surface area contributed by atoms with Crippen molar-refractivity contribution in [3.05, 3.63) is 64.1 Å². The maximum atomic E-state index is 12.0. The Morgan fingerprint density at radius 3 is 2.52 bits per heavy atom. The summed E-state index contributed by atoms with van der Waals surface area (Å²) in [7, 11) is 0. The SMILES string of the molecule is CCOc1cc(/C=C/C(=O)O)c(Br)cc1OCC(=O)NCc1ccccc1. The van der Waals surface area contributed by atoms with Crippen LogP contribution in [0.5, 0.6) is 11.5 Å². The van der Waals surface area contributed by atoms with Crippen LogP contribution in [-0.2, 0) is 16.1 Å². The van der Waals surface area contributed by atoms with E-state index in [-0.39, 0.29) is 12.5 Å².